The number of hydrogen-bond acceptors (Lipinski definition) is 7. The summed E-state index contributed by atoms with van der Waals surface area (Å²) in [4.78, 5) is 49.5. The third-order valence-corrected chi connectivity index (χ3v) is 4.74. The van der Waals surface area contributed by atoms with Crippen molar-refractivity contribution in [2.24, 2.45) is 0 Å². The molecule has 9 nitrogen and oxygen atoms in total. The molecule has 0 fully saturated rings. The maximum Gasteiger partial charge on any atom is 0.340 e. The molecule has 0 unspecified atom stereocenters. The van der Waals surface area contributed by atoms with Crippen LogP contribution >= 0.6 is 0 Å². The van der Waals surface area contributed by atoms with Crippen molar-refractivity contribution in [3.8, 4) is 36.2 Å². The van der Waals surface area contributed by atoms with E-state index in [9.17, 15) is 19.2 Å². The zero-order valence-electron chi connectivity index (χ0n) is 19.3. The first-order valence-electron chi connectivity index (χ1n) is 10.4. The Morgan fingerprint density at radius 3 is 2.31 bits per heavy atom. The molecule has 3 amide bonds. The lowest BCUT2D eigenvalue weighted by Crippen LogP contribution is -2.38. The number of imide groups is 1. The number of nitrogens with zero attached hydrogens (tertiary/aromatic N) is 1. The third kappa shape index (κ3) is 7.37. The van der Waals surface area contributed by atoms with E-state index in [0.717, 1.165) is 10.5 Å². The molecule has 0 radical (unpaired) electrons. The molecule has 0 aliphatic rings. The fourth-order valence-corrected chi connectivity index (χ4v) is 3.06. The Morgan fingerprint density at radius 2 is 1.71 bits per heavy atom. The summed E-state index contributed by atoms with van der Waals surface area (Å²) < 4.78 is 15.8. The van der Waals surface area contributed by atoms with Crippen molar-refractivity contribution in [3.63, 3.8) is 0 Å². The highest BCUT2D eigenvalue weighted by molar-refractivity contribution is 6.08. The zero-order chi connectivity index (χ0) is 25.8. The van der Waals surface area contributed by atoms with Crippen molar-refractivity contribution in [3.05, 3.63) is 53.6 Å². The predicted octanol–water partition coefficient (Wildman–Crippen LogP) is 2.05. The van der Waals surface area contributed by atoms with E-state index in [1.54, 1.807) is 24.3 Å². The average molecular weight is 476 g/mol. The Bertz CT molecular complexity index is 1180. The van der Waals surface area contributed by atoms with Gasteiger partial charge in [-0.2, -0.15) is 0 Å². The van der Waals surface area contributed by atoms with Gasteiger partial charge in [-0.1, -0.05) is 30.3 Å². The van der Waals surface area contributed by atoms with E-state index in [0.29, 0.717) is 0 Å². The molecule has 35 heavy (non-hydrogen) atoms. The second kappa shape index (κ2) is 13.1. The lowest BCUT2D eigenvalue weighted by Gasteiger charge is -2.19. The number of carbonyl (C=O) groups is 4. The molecule has 0 atom stereocenters. The Hall–Kier alpha value is -4.76. The monoisotopic (exact) mass is 476 g/mol. The van der Waals surface area contributed by atoms with Gasteiger partial charge in [-0.15, -0.1) is 12.8 Å². The van der Waals surface area contributed by atoms with Crippen LogP contribution in [0.1, 0.15) is 22.3 Å². The highest BCUT2D eigenvalue weighted by Crippen LogP contribution is 2.34. The van der Waals surface area contributed by atoms with Gasteiger partial charge in [0.1, 0.15) is 0 Å². The van der Waals surface area contributed by atoms with E-state index in [1.165, 1.54) is 26.4 Å². The molecule has 0 heterocycles. The number of esters is 1. The average Bonchev–Trinajstić information content (AvgIpc) is 2.88. The van der Waals surface area contributed by atoms with Crippen molar-refractivity contribution >= 4 is 29.4 Å². The van der Waals surface area contributed by atoms with E-state index in [4.69, 9.17) is 27.1 Å². The SMILES string of the molecule is C#CC(=O)Nc1cc(OC)c(OCCCN(C(=O)C#C)C(=O)Cc2ccccc2)cc1C(=O)OC. The smallest absolute Gasteiger partial charge is 0.340 e. The maximum atomic E-state index is 12.6. The van der Waals surface area contributed by atoms with Gasteiger partial charge < -0.3 is 19.5 Å². The fraction of sp³-hybridized carbons (Fsp3) is 0.231. The van der Waals surface area contributed by atoms with Gasteiger partial charge in [0.15, 0.2) is 11.5 Å². The van der Waals surface area contributed by atoms with E-state index in [-0.39, 0.29) is 48.7 Å². The molecule has 180 valence electrons. The van der Waals surface area contributed by atoms with Gasteiger partial charge in [0.25, 0.3) is 5.91 Å². The molecule has 0 aliphatic heterocycles. The maximum absolute atomic E-state index is 12.6. The molecular formula is C26H24N2O7. The number of ether oxygens (including phenoxy) is 3. The van der Waals surface area contributed by atoms with E-state index >= 15 is 0 Å². The Morgan fingerprint density at radius 1 is 1.00 bits per heavy atom. The van der Waals surface area contributed by atoms with Gasteiger partial charge in [0.2, 0.25) is 5.91 Å². The minimum absolute atomic E-state index is 0.00549. The summed E-state index contributed by atoms with van der Waals surface area (Å²) in [6, 6.07) is 11.7. The van der Waals surface area contributed by atoms with Crippen molar-refractivity contribution < 1.29 is 33.4 Å². The van der Waals surface area contributed by atoms with Crippen LogP contribution in [-0.2, 0) is 25.5 Å². The summed E-state index contributed by atoms with van der Waals surface area (Å²) in [7, 11) is 2.56. The summed E-state index contributed by atoms with van der Waals surface area (Å²) >= 11 is 0. The van der Waals surface area contributed by atoms with Crippen LogP contribution in [0.3, 0.4) is 0 Å². The molecule has 0 spiro atoms. The van der Waals surface area contributed by atoms with Gasteiger partial charge in [0.05, 0.1) is 38.5 Å². The summed E-state index contributed by atoms with van der Waals surface area (Å²) in [5.74, 6) is 1.58. The fourth-order valence-electron chi connectivity index (χ4n) is 3.06. The Kier molecular flexibility index (Phi) is 9.89. The lowest BCUT2D eigenvalue weighted by molar-refractivity contribution is -0.141. The number of anilines is 1. The van der Waals surface area contributed by atoms with Gasteiger partial charge in [-0.3, -0.25) is 19.3 Å². The van der Waals surface area contributed by atoms with Crippen LogP contribution < -0.4 is 14.8 Å². The molecule has 2 aromatic rings. The molecule has 0 saturated carbocycles. The van der Waals surface area contributed by atoms with Gasteiger partial charge in [-0.05, 0) is 23.8 Å². The summed E-state index contributed by atoms with van der Waals surface area (Å²) in [5.41, 5.74) is 0.830. The highest BCUT2D eigenvalue weighted by atomic mass is 16.5. The first kappa shape index (κ1) is 26.5. The zero-order valence-corrected chi connectivity index (χ0v) is 19.3. The molecule has 2 rings (SSSR count). The predicted molar refractivity (Wildman–Crippen MR) is 128 cm³/mol. The largest absolute Gasteiger partial charge is 0.493 e. The van der Waals surface area contributed by atoms with Gasteiger partial charge in [0, 0.05) is 18.7 Å². The van der Waals surface area contributed by atoms with E-state index in [2.05, 4.69) is 5.32 Å². The van der Waals surface area contributed by atoms with Crippen LogP contribution in [0.4, 0.5) is 5.69 Å². The highest BCUT2D eigenvalue weighted by Gasteiger charge is 2.21. The number of rotatable bonds is 10. The second-order valence-electron chi connectivity index (χ2n) is 7.00. The van der Waals surface area contributed by atoms with Crippen molar-refractivity contribution in [2.75, 3.05) is 32.7 Å². The van der Waals surface area contributed by atoms with Crippen LogP contribution in [-0.4, -0.2) is 56.0 Å². The standard InChI is InChI=1S/C26H24N2O7/c1-5-23(29)27-20-17-21(33-3)22(16-19(20)26(32)34-4)35-14-10-13-28(24(30)6-2)25(31)15-18-11-8-7-9-12-18/h1-2,7-9,11-12,16-17H,10,13-15H2,3-4H3,(H,27,29). The quantitative estimate of drug-likeness (QED) is 0.317. The van der Waals surface area contributed by atoms with Crippen LogP contribution in [0.5, 0.6) is 11.5 Å². The first-order valence-corrected chi connectivity index (χ1v) is 10.4. The Labute approximate surface area is 203 Å². The number of benzene rings is 2. The number of methoxy groups -OCH3 is 2. The normalized spacial score (nSPS) is 9.71. The number of hydrogen-bond donors (Lipinski definition) is 1. The summed E-state index contributed by atoms with van der Waals surface area (Å²) in [5, 5.41) is 2.40. The molecular weight excluding hydrogens is 452 g/mol. The lowest BCUT2D eigenvalue weighted by atomic mass is 10.1. The first-order chi connectivity index (χ1) is 16.8. The van der Waals surface area contributed by atoms with Crippen LogP contribution in [0, 0.1) is 24.7 Å². The third-order valence-electron chi connectivity index (χ3n) is 4.74. The molecule has 0 bridgehead atoms. The topological polar surface area (TPSA) is 111 Å². The van der Waals surface area contributed by atoms with Crippen molar-refractivity contribution in [1.29, 1.82) is 0 Å². The van der Waals surface area contributed by atoms with Crippen molar-refractivity contribution in [1.82, 2.24) is 4.90 Å². The van der Waals surface area contributed by atoms with E-state index < -0.39 is 23.7 Å². The molecule has 0 saturated heterocycles. The van der Waals surface area contributed by atoms with Crippen LogP contribution in [0.25, 0.3) is 0 Å². The van der Waals surface area contributed by atoms with Crippen LogP contribution in [0.2, 0.25) is 0 Å². The van der Waals surface area contributed by atoms with Gasteiger partial charge in [-0.25, -0.2) is 4.79 Å². The van der Waals surface area contributed by atoms with E-state index in [1.807, 2.05) is 17.9 Å². The molecule has 9 heteroatoms. The minimum atomic E-state index is -0.760. The summed E-state index contributed by atoms with van der Waals surface area (Å²) in [6.07, 6.45) is 10.6. The summed E-state index contributed by atoms with van der Waals surface area (Å²) in [6.45, 7) is 0.0805. The van der Waals surface area contributed by atoms with Crippen molar-refractivity contribution in [2.45, 2.75) is 12.8 Å². The molecule has 1 N–H and O–H groups in total. The van der Waals surface area contributed by atoms with Gasteiger partial charge >= 0.3 is 11.9 Å². The Balaban J connectivity index is 2.12. The molecule has 2 aromatic carbocycles. The number of terminal acetylenes is 2. The number of nitrogens with one attached hydrogen (secondary N) is 1. The number of carbonyl (C=O) groups excluding carboxylic acids is 4. The second-order valence-corrected chi connectivity index (χ2v) is 7.00. The molecule has 0 aliphatic carbocycles. The van der Waals surface area contributed by atoms with Crippen LogP contribution in [0.15, 0.2) is 42.5 Å². The minimum Gasteiger partial charge on any atom is -0.493 e. The molecule has 0 aromatic heterocycles. The number of amides is 3.